The van der Waals surface area contributed by atoms with Gasteiger partial charge in [0.2, 0.25) is 12.7 Å². The van der Waals surface area contributed by atoms with Crippen LogP contribution in [0.25, 0.3) is 0 Å². The quantitative estimate of drug-likeness (QED) is 0.425. The fourth-order valence-electron chi connectivity index (χ4n) is 4.40. The van der Waals surface area contributed by atoms with Crippen molar-refractivity contribution in [2.45, 2.75) is 32.0 Å². The number of hydrogen-bond donors (Lipinski definition) is 0. The Morgan fingerprint density at radius 1 is 1.00 bits per heavy atom. The number of fused-ring (bicyclic) bond motifs is 1. The average Bonchev–Trinajstić information content (AvgIpc) is 3.66. The smallest absolute Gasteiger partial charge is 0.254 e. The lowest BCUT2D eigenvalue weighted by atomic mass is 10.1. The van der Waals surface area contributed by atoms with Gasteiger partial charge in [-0.3, -0.25) is 9.59 Å². The minimum absolute atomic E-state index is 0.134. The van der Waals surface area contributed by atoms with Crippen molar-refractivity contribution in [1.82, 2.24) is 9.80 Å². The number of rotatable bonds is 9. The molecule has 1 atom stereocenters. The number of carbonyl (C=O) groups is 2. The van der Waals surface area contributed by atoms with Crippen LogP contribution in [0, 0.1) is 5.82 Å². The molecule has 2 aliphatic rings. The normalized spacial score (nSPS) is 16.2. The summed E-state index contributed by atoms with van der Waals surface area (Å²) in [6.45, 7) is 1.71. The molecule has 188 valence electrons. The lowest BCUT2D eigenvalue weighted by Gasteiger charge is -2.29. The molecule has 0 bridgehead atoms. The van der Waals surface area contributed by atoms with Crippen molar-refractivity contribution >= 4 is 23.2 Å². The topological polar surface area (TPSA) is 68.3 Å². The molecule has 36 heavy (non-hydrogen) atoms. The summed E-state index contributed by atoms with van der Waals surface area (Å²) in [5.41, 5.74) is 1.10. The summed E-state index contributed by atoms with van der Waals surface area (Å²) in [4.78, 5) is 31.3. The molecule has 0 spiro atoms. The fraction of sp³-hybridized carbons (Fsp3) is 0.333. The Bertz CT molecular complexity index is 1210. The largest absolute Gasteiger partial charge is 0.454 e. The third-order valence-electron chi connectivity index (χ3n) is 6.22. The maximum atomic E-state index is 13.8. The van der Waals surface area contributed by atoms with Gasteiger partial charge in [-0.1, -0.05) is 18.2 Å². The van der Waals surface area contributed by atoms with E-state index in [4.69, 9.17) is 14.2 Å². The minimum Gasteiger partial charge on any atom is -0.454 e. The molecule has 2 aromatic carbocycles. The molecule has 1 unspecified atom stereocenters. The standard InChI is InChI=1S/C27H27FN2O5S/c28-21-5-1-4-20(13-21)27(32)30(15-22-6-2-10-33-22)17-26(31)29(16-23-7-3-11-36-23)14-19-8-9-24-25(12-19)35-18-34-24/h1,3-5,7-9,11-13,22H,2,6,10,14-18H2. The van der Waals surface area contributed by atoms with E-state index < -0.39 is 11.7 Å². The number of hydrogen-bond acceptors (Lipinski definition) is 6. The second kappa shape index (κ2) is 11.1. The van der Waals surface area contributed by atoms with Crippen molar-refractivity contribution in [3.63, 3.8) is 0 Å². The Morgan fingerprint density at radius 2 is 1.89 bits per heavy atom. The number of carbonyl (C=O) groups excluding carboxylic acids is 2. The van der Waals surface area contributed by atoms with E-state index >= 15 is 0 Å². The van der Waals surface area contributed by atoms with Gasteiger partial charge in [-0.25, -0.2) is 4.39 Å². The number of ether oxygens (including phenoxy) is 3. The van der Waals surface area contributed by atoms with E-state index in [9.17, 15) is 14.0 Å². The minimum atomic E-state index is -0.494. The van der Waals surface area contributed by atoms with Crippen LogP contribution >= 0.6 is 11.3 Å². The summed E-state index contributed by atoms with van der Waals surface area (Å²) in [6.07, 6.45) is 1.59. The van der Waals surface area contributed by atoms with E-state index in [0.717, 1.165) is 23.3 Å². The first kappa shape index (κ1) is 24.3. The fourth-order valence-corrected chi connectivity index (χ4v) is 5.12. The van der Waals surface area contributed by atoms with Gasteiger partial charge in [0.25, 0.3) is 5.91 Å². The number of nitrogens with zero attached hydrogens (tertiary/aromatic N) is 2. The van der Waals surface area contributed by atoms with E-state index in [-0.39, 0.29) is 37.5 Å². The molecule has 1 saturated heterocycles. The summed E-state index contributed by atoms with van der Waals surface area (Å²) in [6, 6.07) is 15.1. The molecule has 0 aliphatic carbocycles. The molecule has 9 heteroatoms. The second-order valence-corrected chi connectivity index (χ2v) is 9.88. The Morgan fingerprint density at radius 3 is 2.67 bits per heavy atom. The van der Waals surface area contributed by atoms with Crippen LogP contribution in [0.15, 0.2) is 60.0 Å². The van der Waals surface area contributed by atoms with E-state index in [0.29, 0.717) is 31.2 Å². The van der Waals surface area contributed by atoms with Gasteiger partial charge in [-0.15, -0.1) is 11.3 Å². The molecule has 0 N–H and O–H groups in total. The van der Waals surface area contributed by atoms with Gasteiger partial charge in [0.1, 0.15) is 12.4 Å². The average molecular weight is 511 g/mol. The molecule has 1 fully saturated rings. The molecule has 0 radical (unpaired) electrons. The van der Waals surface area contributed by atoms with Gasteiger partial charge < -0.3 is 24.0 Å². The lowest BCUT2D eigenvalue weighted by molar-refractivity contribution is -0.133. The van der Waals surface area contributed by atoms with Crippen molar-refractivity contribution in [1.29, 1.82) is 0 Å². The third-order valence-corrected chi connectivity index (χ3v) is 7.08. The molecular formula is C27H27FN2O5S. The van der Waals surface area contributed by atoms with Crippen molar-refractivity contribution in [2.24, 2.45) is 0 Å². The Balaban J connectivity index is 1.37. The van der Waals surface area contributed by atoms with E-state index in [1.807, 2.05) is 35.7 Å². The summed E-state index contributed by atoms with van der Waals surface area (Å²) in [5.74, 6) is 0.239. The summed E-state index contributed by atoms with van der Waals surface area (Å²) in [7, 11) is 0. The molecular weight excluding hydrogens is 483 g/mol. The Kier molecular flexibility index (Phi) is 7.48. The summed E-state index contributed by atoms with van der Waals surface area (Å²) < 4.78 is 30.5. The Hall–Kier alpha value is -3.43. The third kappa shape index (κ3) is 5.85. The van der Waals surface area contributed by atoms with Crippen molar-refractivity contribution in [3.8, 4) is 11.5 Å². The lowest BCUT2D eigenvalue weighted by Crippen LogP contribution is -2.45. The van der Waals surface area contributed by atoms with Crippen LogP contribution in [0.2, 0.25) is 0 Å². The predicted octanol–water partition coefficient (Wildman–Crippen LogP) is 4.47. The van der Waals surface area contributed by atoms with Gasteiger partial charge in [-0.2, -0.15) is 0 Å². The van der Waals surface area contributed by atoms with E-state index in [1.54, 1.807) is 22.3 Å². The summed E-state index contributed by atoms with van der Waals surface area (Å²) >= 11 is 1.57. The molecule has 2 aliphatic heterocycles. The van der Waals surface area contributed by atoms with Crippen LogP contribution in [-0.2, 0) is 22.6 Å². The van der Waals surface area contributed by atoms with Gasteiger partial charge >= 0.3 is 0 Å². The van der Waals surface area contributed by atoms with Crippen LogP contribution in [-0.4, -0.2) is 54.2 Å². The molecule has 3 aromatic rings. The SMILES string of the molecule is O=C(CN(CC1CCCO1)C(=O)c1cccc(F)c1)N(Cc1ccc2c(c1)OCO2)Cc1cccs1. The second-order valence-electron chi connectivity index (χ2n) is 8.85. The number of amides is 2. The predicted molar refractivity (Wildman–Crippen MR) is 132 cm³/mol. The van der Waals surface area contributed by atoms with Crippen LogP contribution in [0.1, 0.15) is 33.6 Å². The van der Waals surface area contributed by atoms with Gasteiger partial charge in [-0.05, 0) is 60.2 Å². The first-order valence-corrected chi connectivity index (χ1v) is 12.8. The molecule has 3 heterocycles. The van der Waals surface area contributed by atoms with Crippen LogP contribution in [0.4, 0.5) is 4.39 Å². The van der Waals surface area contributed by atoms with E-state index in [1.165, 1.54) is 23.1 Å². The zero-order valence-electron chi connectivity index (χ0n) is 19.7. The van der Waals surface area contributed by atoms with E-state index in [2.05, 4.69) is 0 Å². The van der Waals surface area contributed by atoms with Gasteiger partial charge in [0.15, 0.2) is 11.5 Å². The van der Waals surface area contributed by atoms with Gasteiger partial charge in [0.05, 0.1) is 12.6 Å². The first-order chi connectivity index (χ1) is 17.5. The highest BCUT2D eigenvalue weighted by Gasteiger charge is 2.28. The van der Waals surface area contributed by atoms with Crippen molar-refractivity contribution < 1.29 is 28.2 Å². The number of thiophene rings is 1. The molecule has 5 rings (SSSR count). The molecule has 2 amide bonds. The number of benzene rings is 2. The molecule has 0 saturated carbocycles. The highest BCUT2D eigenvalue weighted by atomic mass is 32.1. The Labute approximate surface area is 213 Å². The highest BCUT2D eigenvalue weighted by Crippen LogP contribution is 2.33. The maximum absolute atomic E-state index is 13.8. The first-order valence-electron chi connectivity index (χ1n) is 11.9. The molecule has 7 nitrogen and oxygen atoms in total. The summed E-state index contributed by atoms with van der Waals surface area (Å²) in [5, 5.41) is 1.97. The zero-order chi connectivity index (χ0) is 24.9. The zero-order valence-corrected chi connectivity index (χ0v) is 20.5. The van der Waals surface area contributed by atoms with Gasteiger partial charge in [0, 0.05) is 30.1 Å². The van der Waals surface area contributed by atoms with Crippen molar-refractivity contribution in [3.05, 3.63) is 81.8 Å². The highest BCUT2D eigenvalue weighted by molar-refractivity contribution is 7.09. The van der Waals surface area contributed by atoms with Crippen LogP contribution < -0.4 is 9.47 Å². The monoisotopic (exact) mass is 510 g/mol. The van der Waals surface area contributed by atoms with Crippen LogP contribution in [0.3, 0.4) is 0 Å². The van der Waals surface area contributed by atoms with Crippen LogP contribution in [0.5, 0.6) is 11.5 Å². The van der Waals surface area contributed by atoms with Crippen molar-refractivity contribution in [2.75, 3.05) is 26.5 Å². The maximum Gasteiger partial charge on any atom is 0.254 e. The number of halogens is 1. The molecule has 1 aromatic heterocycles.